The van der Waals surface area contributed by atoms with E-state index in [2.05, 4.69) is 183 Å². The van der Waals surface area contributed by atoms with Crippen LogP contribution in [0.15, 0.2) is 193 Å². The third-order valence-electron chi connectivity index (χ3n) is 12.4. The van der Waals surface area contributed by atoms with Gasteiger partial charge in [0, 0.05) is 10.8 Å². The molecule has 0 fully saturated rings. The highest BCUT2D eigenvalue weighted by molar-refractivity contribution is 6.07. The van der Waals surface area contributed by atoms with Crippen molar-refractivity contribution in [3.05, 3.63) is 217 Å². The quantitative estimate of drug-likeness (QED) is 0.158. The van der Waals surface area contributed by atoms with Crippen molar-refractivity contribution < 1.29 is 4.42 Å². The maximum Gasteiger partial charge on any atom is 0.135 e. The van der Waals surface area contributed by atoms with Crippen LogP contribution in [0.1, 0.15) is 34.2 Å². The normalized spacial score (nSPS) is 12.5. The van der Waals surface area contributed by atoms with Gasteiger partial charge in [-0.15, -0.1) is 0 Å². The number of hydrogen-bond donors (Lipinski definition) is 0. The SMILES string of the molecule is C=Cc1c(C=C)c(-c2ccc(-c3ccc4ccccc4c3)cc2)c2c(c1-c1ccc(-c3ccc4ccccc4c3)cc1)C=C(c1ccc3oc4ccccc4c3c1)CC2. The van der Waals surface area contributed by atoms with Crippen LogP contribution >= 0.6 is 0 Å². The van der Waals surface area contributed by atoms with Crippen LogP contribution in [0.4, 0.5) is 0 Å². The molecule has 0 unspecified atom stereocenters. The van der Waals surface area contributed by atoms with Gasteiger partial charge in [-0.05, 0) is 143 Å². The van der Waals surface area contributed by atoms with Crippen LogP contribution in [0.2, 0.25) is 0 Å². The van der Waals surface area contributed by atoms with E-state index in [-0.39, 0.29) is 0 Å². The predicted molar refractivity (Wildman–Crippen MR) is 253 cm³/mol. The van der Waals surface area contributed by atoms with E-state index in [4.69, 9.17) is 4.42 Å². The molecule has 1 aliphatic rings. The van der Waals surface area contributed by atoms with E-state index < -0.39 is 0 Å². The van der Waals surface area contributed by atoms with Gasteiger partial charge in [-0.25, -0.2) is 0 Å². The van der Waals surface area contributed by atoms with Gasteiger partial charge in [0.05, 0.1) is 0 Å². The fourth-order valence-corrected chi connectivity index (χ4v) is 9.40. The zero-order valence-corrected chi connectivity index (χ0v) is 32.7. The van der Waals surface area contributed by atoms with E-state index in [9.17, 15) is 0 Å². The third-order valence-corrected chi connectivity index (χ3v) is 12.4. The smallest absolute Gasteiger partial charge is 0.135 e. The van der Waals surface area contributed by atoms with Crippen molar-refractivity contribution in [1.29, 1.82) is 0 Å². The second-order valence-corrected chi connectivity index (χ2v) is 15.6. The van der Waals surface area contributed by atoms with E-state index >= 15 is 0 Å². The van der Waals surface area contributed by atoms with Crippen LogP contribution in [0, 0.1) is 0 Å². The van der Waals surface area contributed by atoms with Gasteiger partial charge >= 0.3 is 0 Å². The highest BCUT2D eigenvalue weighted by Crippen LogP contribution is 2.47. The third kappa shape index (κ3) is 5.94. The second-order valence-electron chi connectivity index (χ2n) is 15.6. The number of allylic oxidation sites excluding steroid dienone is 1. The fourth-order valence-electron chi connectivity index (χ4n) is 9.40. The molecule has 10 aromatic rings. The summed E-state index contributed by atoms with van der Waals surface area (Å²) in [5, 5.41) is 7.28. The van der Waals surface area contributed by atoms with Crippen molar-refractivity contribution >= 4 is 67.3 Å². The number of benzene rings is 9. The maximum atomic E-state index is 6.23. The summed E-state index contributed by atoms with van der Waals surface area (Å²) in [6, 6.07) is 63.7. The lowest BCUT2D eigenvalue weighted by Gasteiger charge is -2.28. The average Bonchev–Trinajstić information content (AvgIpc) is 3.68. The molecule has 0 saturated carbocycles. The highest BCUT2D eigenvalue weighted by Gasteiger charge is 2.26. The minimum Gasteiger partial charge on any atom is -0.456 e. The van der Waals surface area contributed by atoms with Crippen molar-refractivity contribution in [3.63, 3.8) is 0 Å². The molecular formula is C58H40O. The Morgan fingerprint density at radius 3 is 1.51 bits per heavy atom. The number of hydrogen-bond acceptors (Lipinski definition) is 1. The molecular weight excluding hydrogens is 713 g/mol. The Labute approximate surface area is 344 Å². The molecule has 1 nitrogen and oxygen atoms in total. The van der Waals surface area contributed by atoms with Gasteiger partial charge in [0.25, 0.3) is 0 Å². The molecule has 0 aliphatic heterocycles. The Morgan fingerprint density at radius 1 is 0.390 bits per heavy atom. The van der Waals surface area contributed by atoms with E-state index in [1.165, 1.54) is 82.8 Å². The molecule has 0 bridgehead atoms. The first kappa shape index (κ1) is 34.7. The lowest BCUT2D eigenvalue weighted by molar-refractivity contribution is 0.669. The van der Waals surface area contributed by atoms with Crippen LogP contribution in [0.25, 0.3) is 112 Å². The van der Waals surface area contributed by atoms with E-state index in [0.29, 0.717) is 0 Å². The van der Waals surface area contributed by atoms with Crippen LogP contribution < -0.4 is 0 Å². The Kier molecular flexibility index (Phi) is 8.34. The maximum absolute atomic E-state index is 6.23. The van der Waals surface area contributed by atoms with E-state index in [1.54, 1.807) is 0 Å². The molecule has 0 atom stereocenters. The molecule has 278 valence electrons. The van der Waals surface area contributed by atoms with Crippen molar-refractivity contribution in [2.45, 2.75) is 12.8 Å². The van der Waals surface area contributed by atoms with Crippen LogP contribution in [-0.4, -0.2) is 0 Å². The Balaban J connectivity index is 1.08. The predicted octanol–water partition coefficient (Wildman–Crippen LogP) is 16.3. The van der Waals surface area contributed by atoms with E-state index in [1.807, 2.05) is 24.3 Å². The monoisotopic (exact) mass is 752 g/mol. The lowest BCUT2D eigenvalue weighted by atomic mass is 9.76. The minimum absolute atomic E-state index is 0.896. The van der Waals surface area contributed by atoms with Crippen LogP contribution in [0.3, 0.4) is 0 Å². The molecule has 1 aliphatic carbocycles. The molecule has 1 aromatic heterocycles. The molecule has 0 saturated heterocycles. The van der Waals surface area contributed by atoms with Crippen LogP contribution in [-0.2, 0) is 6.42 Å². The number of furan rings is 1. The van der Waals surface area contributed by atoms with Crippen molar-refractivity contribution in [2.75, 3.05) is 0 Å². The summed E-state index contributed by atoms with van der Waals surface area (Å²) in [5.74, 6) is 0. The van der Waals surface area contributed by atoms with Gasteiger partial charge in [-0.1, -0.05) is 177 Å². The van der Waals surface area contributed by atoms with Gasteiger partial charge < -0.3 is 4.42 Å². The summed E-state index contributed by atoms with van der Waals surface area (Å²) in [6.45, 7) is 8.86. The summed E-state index contributed by atoms with van der Waals surface area (Å²) < 4.78 is 6.23. The molecule has 1 heteroatoms. The Bertz CT molecular complexity index is 3330. The van der Waals surface area contributed by atoms with E-state index in [0.717, 1.165) is 51.5 Å². The first-order chi connectivity index (χ1) is 29.1. The van der Waals surface area contributed by atoms with Gasteiger partial charge in [0.15, 0.2) is 0 Å². The average molecular weight is 753 g/mol. The molecule has 9 aromatic carbocycles. The first-order valence-corrected chi connectivity index (χ1v) is 20.4. The van der Waals surface area contributed by atoms with Gasteiger partial charge in [0.2, 0.25) is 0 Å². The lowest BCUT2D eigenvalue weighted by Crippen LogP contribution is -2.08. The fraction of sp³-hybridized carbons (Fsp3) is 0.0345. The summed E-state index contributed by atoms with van der Waals surface area (Å²) in [4.78, 5) is 0. The first-order valence-electron chi connectivity index (χ1n) is 20.4. The molecule has 11 rings (SSSR count). The zero-order chi connectivity index (χ0) is 39.5. The molecule has 59 heavy (non-hydrogen) atoms. The molecule has 0 N–H and O–H groups in total. The van der Waals surface area contributed by atoms with Gasteiger partial charge in [-0.2, -0.15) is 0 Å². The largest absolute Gasteiger partial charge is 0.456 e. The highest BCUT2D eigenvalue weighted by atomic mass is 16.3. The van der Waals surface area contributed by atoms with Crippen molar-refractivity contribution in [2.24, 2.45) is 0 Å². The molecule has 0 radical (unpaired) electrons. The summed E-state index contributed by atoms with van der Waals surface area (Å²) >= 11 is 0. The molecule has 0 amide bonds. The second kappa shape index (κ2) is 14.2. The van der Waals surface area contributed by atoms with Gasteiger partial charge in [0.1, 0.15) is 11.2 Å². The standard InChI is InChI=1S/C58H40O/c1-3-49-50(4-2)58(42-25-19-40(20-26-42)46-28-22-38-12-6-8-14-44(38)34-46)54-36-47(48-30-32-56-53(35-48)51-15-9-10-16-55(51)59-56)29-31-52(54)57(49)41-23-17-39(18-24-41)45-27-21-37-11-5-7-13-43(37)33-45/h3-28,30,32-36H,1-2,29,31H2. The Hall–Kier alpha value is -7.48. The van der Waals surface area contributed by atoms with Crippen molar-refractivity contribution in [3.8, 4) is 44.5 Å². The molecule has 1 heterocycles. The summed E-state index contributed by atoms with van der Waals surface area (Å²) in [7, 11) is 0. The van der Waals surface area contributed by atoms with Crippen LogP contribution in [0.5, 0.6) is 0 Å². The summed E-state index contributed by atoms with van der Waals surface area (Å²) in [5.41, 5.74) is 18.8. The van der Waals surface area contributed by atoms with Crippen molar-refractivity contribution in [1.82, 2.24) is 0 Å². The van der Waals surface area contributed by atoms with Gasteiger partial charge in [-0.3, -0.25) is 0 Å². The molecule has 0 spiro atoms. The number of fused-ring (bicyclic) bond motifs is 6. The number of rotatable bonds is 7. The summed E-state index contributed by atoms with van der Waals surface area (Å²) in [6.07, 6.45) is 8.33. The minimum atomic E-state index is 0.896. The zero-order valence-electron chi connectivity index (χ0n) is 32.7. The Morgan fingerprint density at radius 2 is 0.881 bits per heavy atom. The number of para-hydroxylation sites is 1. The topological polar surface area (TPSA) is 13.1 Å².